The van der Waals surface area contributed by atoms with Crippen molar-refractivity contribution in [2.75, 3.05) is 11.9 Å². The van der Waals surface area contributed by atoms with Crippen LogP contribution in [0, 0.1) is 5.92 Å². The molecular weight excluding hydrogens is 172 g/mol. The van der Waals surface area contributed by atoms with E-state index in [9.17, 15) is 0 Å². The quantitative estimate of drug-likeness (QED) is 0.661. The van der Waals surface area contributed by atoms with E-state index in [0.29, 0.717) is 5.92 Å². The van der Waals surface area contributed by atoms with Gasteiger partial charge in [0.25, 0.3) is 0 Å². The Morgan fingerprint density at radius 1 is 1.29 bits per heavy atom. The molecule has 1 fully saturated rings. The molecule has 1 heterocycles. The standard InChI is InChI=1S/C12H14N2/c1-2-6-12-11(5-1)13-8-9-4-3-7-10(9)14-12/h1-2,5-6,9,13H,3-4,7-8H2. The predicted molar refractivity (Wildman–Crippen MR) is 59.4 cm³/mol. The van der Waals surface area contributed by atoms with Gasteiger partial charge >= 0.3 is 0 Å². The molecule has 1 aliphatic carbocycles. The van der Waals surface area contributed by atoms with Crippen LogP contribution in [0.1, 0.15) is 19.3 Å². The molecule has 0 radical (unpaired) electrons. The monoisotopic (exact) mass is 186 g/mol. The minimum absolute atomic E-state index is 0.683. The molecule has 1 atom stereocenters. The number of hydrogen-bond donors (Lipinski definition) is 1. The van der Waals surface area contributed by atoms with E-state index >= 15 is 0 Å². The van der Waals surface area contributed by atoms with Crippen LogP contribution in [-0.4, -0.2) is 12.3 Å². The van der Waals surface area contributed by atoms with Gasteiger partial charge in [0.05, 0.1) is 11.4 Å². The van der Waals surface area contributed by atoms with Crippen molar-refractivity contribution in [1.82, 2.24) is 0 Å². The summed E-state index contributed by atoms with van der Waals surface area (Å²) in [5.74, 6) is 0.683. The number of nitrogens with zero attached hydrogens (tertiary/aromatic N) is 1. The molecule has 2 heteroatoms. The van der Waals surface area contributed by atoms with E-state index in [2.05, 4.69) is 29.6 Å². The minimum Gasteiger partial charge on any atom is -0.383 e. The van der Waals surface area contributed by atoms with Crippen LogP contribution < -0.4 is 5.32 Å². The van der Waals surface area contributed by atoms with Gasteiger partial charge in [-0.3, -0.25) is 4.99 Å². The smallest absolute Gasteiger partial charge is 0.0860 e. The summed E-state index contributed by atoms with van der Waals surface area (Å²) in [5, 5.41) is 3.48. The first-order chi connectivity index (χ1) is 6.93. The summed E-state index contributed by atoms with van der Waals surface area (Å²) in [7, 11) is 0. The Hall–Kier alpha value is -1.31. The van der Waals surface area contributed by atoms with Crippen LogP contribution in [0.5, 0.6) is 0 Å². The first-order valence-electron chi connectivity index (χ1n) is 5.34. The van der Waals surface area contributed by atoms with Gasteiger partial charge in [0.15, 0.2) is 0 Å². The Kier molecular flexibility index (Phi) is 1.79. The third kappa shape index (κ3) is 1.22. The molecule has 1 N–H and O–H groups in total. The molecule has 3 rings (SSSR count). The van der Waals surface area contributed by atoms with Crippen LogP contribution in [0.25, 0.3) is 0 Å². The van der Waals surface area contributed by atoms with E-state index in [4.69, 9.17) is 4.99 Å². The lowest BCUT2D eigenvalue weighted by molar-refractivity contribution is 0.696. The van der Waals surface area contributed by atoms with E-state index in [1.807, 2.05) is 0 Å². The van der Waals surface area contributed by atoms with Crippen LogP contribution >= 0.6 is 0 Å². The highest BCUT2D eigenvalue weighted by atomic mass is 14.9. The summed E-state index contributed by atoms with van der Waals surface area (Å²) >= 11 is 0. The van der Waals surface area contributed by atoms with Crippen LogP contribution in [0.3, 0.4) is 0 Å². The summed E-state index contributed by atoms with van der Waals surface area (Å²) in [6, 6.07) is 8.32. The second-order valence-electron chi connectivity index (χ2n) is 4.09. The Morgan fingerprint density at radius 2 is 2.21 bits per heavy atom. The van der Waals surface area contributed by atoms with Crippen LogP contribution in [-0.2, 0) is 0 Å². The van der Waals surface area contributed by atoms with Crippen molar-refractivity contribution in [3.8, 4) is 0 Å². The summed E-state index contributed by atoms with van der Waals surface area (Å²) in [5.41, 5.74) is 3.71. The van der Waals surface area contributed by atoms with Crippen LogP contribution in [0.2, 0.25) is 0 Å². The maximum absolute atomic E-state index is 4.76. The van der Waals surface area contributed by atoms with E-state index in [-0.39, 0.29) is 0 Å². The Bertz CT molecular complexity index is 382. The number of para-hydroxylation sites is 2. The molecule has 14 heavy (non-hydrogen) atoms. The Morgan fingerprint density at radius 3 is 3.21 bits per heavy atom. The van der Waals surface area contributed by atoms with Crippen molar-refractivity contribution in [2.24, 2.45) is 10.9 Å². The zero-order valence-corrected chi connectivity index (χ0v) is 8.16. The lowest BCUT2D eigenvalue weighted by Gasteiger charge is -2.08. The molecule has 0 bridgehead atoms. The van der Waals surface area contributed by atoms with Gasteiger partial charge in [0.1, 0.15) is 0 Å². The Labute approximate surface area is 84.1 Å². The van der Waals surface area contributed by atoms with Gasteiger partial charge in [0.2, 0.25) is 0 Å². The second kappa shape index (κ2) is 3.12. The van der Waals surface area contributed by atoms with Gasteiger partial charge in [-0.25, -0.2) is 0 Å². The number of nitrogens with one attached hydrogen (secondary N) is 1. The van der Waals surface area contributed by atoms with Gasteiger partial charge in [-0.1, -0.05) is 12.1 Å². The fourth-order valence-electron chi connectivity index (χ4n) is 2.38. The molecule has 0 saturated heterocycles. The van der Waals surface area contributed by atoms with Gasteiger partial charge < -0.3 is 5.32 Å². The number of aliphatic imine (C=N–C) groups is 1. The normalized spacial score (nSPS) is 24.3. The average Bonchev–Trinajstić information content (AvgIpc) is 2.58. The van der Waals surface area contributed by atoms with Crippen molar-refractivity contribution < 1.29 is 0 Å². The van der Waals surface area contributed by atoms with Gasteiger partial charge in [0, 0.05) is 18.2 Å². The first kappa shape index (κ1) is 8.04. The molecule has 1 saturated carbocycles. The summed E-state index contributed by atoms with van der Waals surface area (Å²) in [6.07, 6.45) is 3.81. The molecule has 0 amide bonds. The zero-order valence-electron chi connectivity index (χ0n) is 8.16. The van der Waals surface area contributed by atoms with Crippen molar-refractivity contribution in [3.63, 3.8) is 0 Å². The summed E-state index contributed by atoms with van der Waals surface area (Å²) < 4.78 is 0. The summed E-state index contributed by atoms with van der Waals surface area (Å²) in [6.45, 7) is 1.07. The molecule has 1 aliphatic heterocycles. The molecule has 72 valence electrons. The molecule has 2 aliphatic rings. The predicted octanol–water partition coefficient (Wildman–Crippen LogP) is 2.98. The van der Waals surface area contributed by atoms with E-state index in [1.54, 1.807) is 0 Å². The highest BCUT2D eigenvalue weighted by Crippen LogP contribution is 2.33. The van der Waals surface area contributed by atoms with Crippen molar-refractivity contribution >= 4 is 17.1 Å². The zero-order chi connectivity index (χ0) is 9.38. The molecule has 0 aromatic heterocycles. The second-order valence-corrected chi connectivity index (χ2v) is 4.09. The summed E-state index contributed by atoms with van der Waals surface area (Å²) in [4.78, 5) is 4.76. The minimum atomic E-state index is 0.683. The average molecular weight is 186 g/mol. The number of rotatable bonds is 0. The molecule has 2 nitrogen and oxygen atoms in total. The fraction of sp³-hybridized carbons (Fsp3) is 0.417. The maximum Gasteiger partial charge on any atom is 0.0860 e. The maximum atomic E-state index is 4.76. The number of hydrogen-bond acceptors (Lipinski definition) is 2. The number of benzene rings is 1. The van der Waals surface area contributed by atoms with E-state index in [0.717, 1.165) is 12.2 Å². The highest BCUT2D eigenvalue weighted by molar-refractivity contribution is 5.93. The van der Waals surface area contributed by atoms with Crippen molar-refractivity contribution in [3.05, 3.63) is 24.3 Å². The first-order valence-corrected chi connectivity index (χ1v) is 5.34. The van der Waals surface area contributed by atoms with Gasteiger partial charge in [-0.05, 0) is 31.4 Å². The van der Waals surface area contributed by atoms with Gasteiger partial charge in [-0.15, -0.1) is 0 Å². The number of anilines is 1. The lowest BCUT2D eigenvalue weighted by Crippen LogP contribution is -2.15. The Balaban J connectivity index is 2.06. The third-order valence-corrected chi connectivity index (χ3v) is 3.16. The number of fused-ring (bicyclic) bond motifs is 2. The molecule has 1 aromatic carbocycles. The molecular formula is C12H14N2. The topological polar surface area (TPSA) is 24.4 Å². The third-order valence-electron chi connectivity index (χ3n) is 3.16. The van der Waals surface area contributed by atoms with Crippen LogP contribution in [0.15, 0.2) is 29.3 Å². The van der Waals surface area contributed by atoms with E-state index < -0.39 is 0 Å². The van der Waals surface area contributed by atoms with Crippen LogP contribution in [0.4, 0.5) is 11.4 Å². The molecule has 1 aromatic rings. The lowest BCUT2D eigenvalue weighted by atomic mass is 10.1. The fourth-order valence-corrected chi connectivity index (χ4v) is 2.38. The largest absolute Gasteiger partial charge is 0.383 e. The highest BCUT2D eigenvalue weighted by Gasteiger charge is 2.24. The van der Waals surface area contributed by atoms with Crippen molar-refractivity contribution in [2.45, 2.75) is 19.3 Å². The van der Waals surface area contributed by atoms with Crippen molar-refractivity contribution in [1.29, 1.82) is 0 Å². The molecule has 1 unspecified atom stereocenters. The van der Waals surface area contributed by atoms with Gasteiger partial charge in [-0.2, -0.15) is 0 Å². The SMILES string of the molecule is c1ccc2c(c1)N=C1CCCC1CN2. The molecule has 0 spiro atoms. The van der Waals surface area contributed by atoms with E-state index in [1.165, 1.54) is 30.7 Å².